The molecule has 2 aromatic carbocycles. The minimum Gasteiger partial charge on any atom is -0.364 e. The number of imidazole rings is 2. The highest BCUT2D eigenvalue weighted by atomic mass is 19.3. The number of H-pyrrole nitrogens is 2. The van der Waals surface area contributed by atoms with E-state index in [0.29, 0.717) is 11.7 Å². The van der Waals surface area contributed by atoms with Crippen LogP contribution in [0.2, 0.25) is 0 Å². The summed E-state index contributed by atoms with van der Waals surface area (Å²) in [6.07, 6.45) is 5.83. The molecule has 1 saturated heterocycles. The van der Waals surface area contributed by atoms with Gasteiger partial charge >= 0.3 is 0 Å². The van der Waals surface area contributed by atoms with Crippen molar-refractivity contribution in [2.45, 2.75) is 90.3 Å². The first-order valence-electron chi connectivity index (χ1n) is 18.1. The number of carbonyl (C=O) groups is 1. The minimum atomic E-state index is -2.66. The maximum absolute atomic E-state index is 13.6. The van der Waals surface area contributed by atoms with Crippen molar-refractivity contribution in [3.05, 3.63) is 84.8 Å². The molecule has 3 heterocycles. The summed E-state index contributed by atoms with van der Waals surface area (Å²) in [6.45, 7) is 13.9. The third-order valence-electron chi connectivity index (χ3n) is 10.5. The molecule has 2 fully saturated rings. The smallest absolute Gasteiger partial charge is 0.248 e. The average molecular weight is 684 g/mol. The van der Waals surface area contributed by atoms with E-state index in [4.69, 9.17) is 4.98 Å². The van der Waals surface area contributed by atoms with E-state index in [-0.39, 0.29) is 55.6 Å². The standard InChI is InChI=1S/C40H51F2N7O/c1-24(2)35(43-6)26(5)49-21-7-8-34(49)37-44-22-32(46-37)29-13-9-27(10-14-29)28-11-15-30(16-12-28)33-23-45-38(47-33)36(25(3)4)48-39(50)31-17-19-40(41,42)20-18-31/h9-16,22-25,31,34-36,43H,5,7-8,17-21H2,1-4,6H3,(H,44,46)(H,45,47)(H,48,50)/t34-,35-,36-/m0/s1. The van der Waals surface area contributed by atoms with Crippen molar-refractivity contribution in [1.82, 2.24) is 35.5 Å². The highest BCUT2D eigenvalue weighted by molar-refractivity contribution is 5.79. The van der Waals surface area contributed by atoms with Crippen LogP contribution < -0.4 is 10.6 Å². The molecule has 2 aromatic heterocycles. The van der Waals surface area contributed by atoms with E-state index in [1.54, 1.807) is 6.20 Å². The zero-order valence-electron chi connectivity index (χ0n) is 29.9. The number of benzene rings is 2. The van der Waals surface area contributed by atoms with Gasteiger partial charge in [0.1, 0.15) is 11.6 Å². The number of aromatic nitrogens is 4. The Bertz CT molecular complexity index is 1750. The molecule has 1 saturated carbocycles. The Hall–Kier alpha value is -4.31. The minimum absolute atomic E-state index is 0.0694. The Balaban J connectivity index is 1.10. The van der Waals surface area contributed by atoms with Crippen LogP contribution in [0.15, 0.2) is 73.2 Å². The van der Waals surface area contributed by atoms with Gasteiger partial charge in [0.05, 0.1) is 35.9 Å². The van der Waals surface area contributed by atoms with Gasteiger partial charge in [-0.2, -0.15) is 0 Å². The molecule has 50 heavy (non-hydrogen) atoms. The number of alkyl halides is 2. The second-order valence-corrected chi connectivity index (χ2v) is 14.7. The monoisotopic (exact) mass is 683 g/mol. The summed E-state index contributed by atoms with van der Waals surface area (Å²) in [5.41, 5.74) is 7.25. The second-order valence-electron chi connectivity index (χ2n) is 14.7. The van der Waals surface area contributed by atoms with E-state index in [1.807, 2.05) is 27.1 Å². The van der Waals surface area contributed by atoms with Gasteiger partial charge in [-0.05, 0) is 66.8 Å². The van der Waals surface area contributed by atoms with Gasteiger partial charge in [0.2, 0.25) is 11.8 Å². The molecule has 8 nitrogen and oxygen atoms in total. The number of likely N-dealkylation sites (tertiary alicyclic amines) is 1. The molecule has 0 unspecified atom stereocenters. The van der Waals surface area contributed by atoms with Crippen LogP contribution in [0.3, 0.4) is 0 Å². The second kappa shape index (κ2) is 14.9. The average Bonchev–Trinajstić information content (AvgIpc) is 3.89. The number of hydrogen-bond acceptors (Lipinski definition) is 5. The van der Waals surface area contributed by atoms with Gasteiger partial charge < -0.3 is 25.5 Å². The molecule has 0 radical (unpaired) electrons. The fraction of sp³-hybridized carbons (Fsp3) is 0.475. The van der Waals surface area contributed by atoms with Crippen LogP contribution in [0.5, 0.6) is 0 Å². The Morgan fingerprint density at radius 3 is 1.98 bits per heavy atom. The quantitative estimate of drug-likeness (QED) is 0.120. The number of hydrogen-bond donors (Lipinski definition) is 4. The van der Waals surface area contributed by atoms with Crippen molar-refractivity contribution in [3.8, 4) is 33.6 Å². The Labute approximate surface area is 294 Å². The fourth-order valence-electron chi connectivity index (χ4n) is 7.56. The van der Waals surface area contributed by atoms with Gasteiger partial charge in [0.25, 0.3) is 0 Å². The molecule has 1 aliphatic heterocycles. The van der Waals surface area contributed by atoms with Crippen LogP contribution in [0.25, 0.3) is 33.6 Å². The lowest BCUT2D eigenvalue weighted by molar-refractivity contribution is -0.130. The molecule has 2 aliphatic rings. The van der Waals surface area contributed by atoms with Crippen LogP contribution >= 0.6 is 0 Å². The van der Waals surface area contributed by atoms with E-state index in [2.05, 4.69) is 99.4 Å². The third kappa shape index (κ3) is 7.70. The van der Waals surface area contributed by atoms with Crippen LogP contribution in [0, 0.1) is 17.8 Å². The highest BCUT2D eigenvalue weighted by Gasteiger charge is 2.38. The molecule has 4 N–H and O–H groups in total. The number of rotatable bonds is 12. The molecule has 0 bridgehead atoms. The van der Waals surface area contributed by atoms with Crippen molar-refractivity contribution in [3.63, 3.8) is 0 Å². The molecule has 4 aromatic rings. The molecule has 10 heteroatoms. The molecular weight excluding hydrogens is 632 g/mol. The highest BCUT2D eigenvalue weighted by Crippen LogP contribution is 2.38. The summed E-state index contributed by atoms with van der Waals surface area (Å²) in [6, 6.07) is 16.9. The number of carbonyl (C=O) groups excluding carboxylic acids is 1. The van der Waals surface area contributed by atoms with Crippen LogP contribution in [-0.2, 0) is 4.79 Å². The summed E-state index contributed by atoms with van der Waals surface area (Å²) < 4.78 is 27.2. The zero-order chi connectivity index (χ0) is 35.6. The van der Waals surface area contributed by atoms with Gasteiger partial charge in [0.15, 0.2) is 0 Å². The number of nitrogens with zero attached hydrogens (tertiary/aromatic N) is 3. The number of nitrogens with one attached hydrogen (secondary N) is 4. The maximum atomic E-state index is 13.6. The summed E-state index contributed by atoms with van der Waals surface area (Å²) >= 11 is 0. The van der Waals surface area contributed by atoms with E-state index in [9.17, 15) is 13.6 Å². The number of aromatic amines is 2. The number of amides is 1. The molecule has 6 rings (SSSR count). The van der Waals surface area contributed by atoms with E-state index < -0.39 is 11.8 Å². The first kappa shape index (κ1) is 35.5. The van der Waals surface area contributed by atoms with Crippen LogP contribution in [0.4, 0.5) is 8.78 Å². The van der Waals surface area contributed by atoms with Crippen LogP contribution in [0.1, 0.15) is 90.0 Å². The molecule has 1 amide bonds. The zero-order valence-corrected chi connectivity index (χ0v) is 29.9. The van der Waals surface area contributed by atoms with Crippen molar-refractivity contribution < 1.29 is 13.6 Å². The molecule has 266 valence electrons. The number of halogens is 2. The summed E-state index contributed by atoms with van der Waals surface area (Å²) in [5.74, 6) is -1.06. The Morgan fingerprint density at radius 2 is 1.42 bits per heavy atom. The summed E-state index contributed by atoms with van der Waals surface area (Å²) in [4.78, 5) is 31.8. The first-order chi connectivity index (χ1) is 23.9. The lowest BCUT2D eigenvalue weighted by atomic mass is 9.86. The molecule has 3 atom stereocenters. The van der Waals surface area contributed by atoms with E-state index in [1.165, 1.54) is 0 Å². The predicted octanol–water partition coefficient (Wildman–Crippen LogP) is 8.67. The first-order valence-corrected chi connectivity index (χ1v) is 18.1. The third-order valence-corrected chi connectivity index (χ3v) is 10.5. The van der Waals surface area contributed by atoms with Gasteiger partial charge in [0, 0.05) is 37.0 Å². The van der Waals surface area contributed by atoms with Crippen molar-refractivity contribution in [2.75, 3.05) is 13.6 Å². The SMILES string of the molecule is C=C([C@@H](NC)C(C)C)N1CCC[C@H]1c1ncc(-c2ccc(-c3ccc(-c4cnc([C@@H](NC(=O)C5CCC(F)(F)CC5)C(C)C)[nH]4)cc3)cc2)[nH]1. The lowest BCUT2D eigenvalue weighted by Gasteiger charge is -2.34. The Morgan fingerprint density at radius 1 is 0.860 bits per heavy atom. The van der Waals surface area contributed by atoms with Crippen molar-refractivity contribution >= 4 is 5.91 Å². The summed E-state index contributed by atoms with van der Waals surface area (Å²) in [5, 5.41) is 6.51. The fourth-order valence-corrected chi connectivity index (χ4v) is 7.56. The van der Waals surface area contributed by atoms with Crippen molar-refractivity contribution in [1.29, 1.82) is 0 Å². The van der Waals surface area contributed by atoms with Gasteiger partial charge in [-0.25, -0.2) is 18.7 Å². The number of likely N-dealkylation sites (N-methyl/N-ethyl adjacent to an activating group) is 1. The summed E-state index contributed by atoms with van der Waals surface area (Å²) in [7, 11) is 2.00. The van der Waals surface area contributed by atoms with Gasteiger partial charge in [-0.15, -0.1) is 0 Å². The molecular formula is C40H51F2N7O. The normalized spacial score (nSPS) is 19.2. The Kier molecular flexibility index (Phi) is 10.6. The molecule has 1 aliphatic carbocycles. The maximum Gasteiger partial charge on any atom is 0.248 e. The van der Waals surface area contributed by atoms with Gasteiger partial charge in [-0.1, -0.05) is 82.8 Å². The predicted molar refractivity (Wildman–Crippen MR) is 195 cm³/mol. The van der Waals surface area contributed by atoms with E-state index in [0.717, 1.165) is 64.5 Å². The van der Waals surface area contributed by atoms with Crippen molar-refractivity contribution in [2.24, 2.45) is 17.8 Å². The van der Waals surface area contributed by atoms with Gasteiger partial charge in [-0.3, -0.25) is 4.79 Å². The van der Waals surface area contributed by atoms with Crippen LogP contribution in [-0.4, -0.2) is 56.3 Å². The molecule has 0 spiro atoms. The largest absolute Gasteiger partial charge is 0.364 e. The lowest BCUT2D eigenvalue weighted by Crippen LogP contribution is -2.40. The van der Waals surface area contributed by atoms with E-state index >= 15 is 0 Å². The topological polar surface area (TPSA) is 102 Å².